The van der Waals surface area contributed by atoms with Gasteiger partial charge in [-0.15, -0.1) is 5.10 Å². The number of nitrogens with one attached hydrogen (secondary N) is 3. The highest BCUT2D eigenvalue weighted by Gasteiger charge is 2.27. The Bertz CT molecular complexity index is 1570. The second kappa shape index (κ2) is 17.8. The summed E-state index contributed by atoms with van der Waals surface area (Å²) in [6.07, 6.45) is 2.95. The number of guanidine groups is 1. The van der Waals surface area contributed by atoms with Gasteiger partial charge in [-0.05, 0) is 48.1 Å². The highest BCUT2D eigenvalue weighted by atomic mass is 16.3. The molecule has 13 nitrogen and oxygen atoms in total. The Labute approximate surface area is 272 Å². The van der Waals surface area contributed by atoms with Crippen molar-refractivity contribution < 1.29 is 24.6 Å². The minimum absolute atomic E-state index is 0.0380. The lowest BCUT2D eigenvalue weighted by molar-refractivity contribution is -0.129. The maximum absolute atomic E-state index is 13.8. The zero-order valence-electron chi connectivity index (χ0n) is 26.0. The van der Waals surface area contributed by atoms with Crippen molar-refractivity contribution in [1.82, 2.24) is 30.9 Å². The zero-order chi connectivity index (χ0) is 33.4. The number of aliphatic hydroxyl groups excluding tert-OH is 1. The molecule has 7 N–H and O–H groups in total. The molecule has 0 fully saturated rings. The number of hydrogen-bond donors (Lipinski definition) is 6. The van der Waals surface area contributed by atoms with Crippen molar-refractivity contribution in [3.8, 4) is 5.75 Å². The van der Waals surface area contributed by atoms with Crippen molar-refractivity contribution in [3.63, 3.8) is 0 Å². The average Bonchev–Trinajstić information content (AvgIpc) is 3.55. The molecule has 47 heavy (non-hydrogen) atoms. The van der Waals surface area contributed by atoms with Crippen LogP contribution in [-0.2, 0) is 34.1 Å². The van der Waals surface area contributed by atoms with Crippen molar-refractivity contribution in [2.24, 2.45) is 10.7 Å². The molecule has 0 aliphatic carbocycles. The Hall–Kier alpha value is -5.56. The Kier molecular flexibility index (Phi) is 13.0. The number of benzene rings is 3. The molecule has 0 saturated heterocycles. The fourth-order valence-corrected chi connectivity index (χ4v) is 4.90. The molecule has 0 radical (unpaired) electrons. The predicted octanol–water partition coefficient (Wildman–Crippen LogP) is 2.10. The van der Waals surface area contributed by atoms with Crippen molar-refractivity contribution >= 4 is 23.7 Å². The summed E-state index contributed by atoms with van der Waals surface area (Å²) in [5.74, 6) is -1.53. The van der Waals surface area contributed by atoms with E-state index in [-0.39, 0.29) is 62.0 Å². The lowest BCUT2D eigenvalue weighted by Gasteiger charge is -2.23. The zero-order valence-corrected chi connectivity index (χ0v) is 26.0. The van der Waals surface area contributed by atoms with Gasteiger partial charge in [-0.3, -0.25) is 29.4 Å². The molecule has 4 rings (SSSR count). The minimum atomic E-state index is -0.872. The van der Waals surface area contributed by atoms with E-state index in [1.807, 2.05) is 60.7 Å². The van der Waals surface area contributed by atoms with E-state index in [1.165, 1.54) is 12.1 Å². The molecule has 0 aliphatic heterocycles. The summed E-state index contributed by atoms with van der Waals surface area (Å²) in [4.78, 5) is 43.7. The summed E-state index contributed by atoms with van der Waals surface area (Å²) in [5.41, 5.74) is 8.76. The molecule has 4 aromatic rings. The van der Waals surface area contributed by atoms with Crippen LogP contribution in [0.5, 0.6) is 5.75 Å². The largest absolute Gasteiger partial charge is 0.508 e. The molecule has 0 unspecified atom stereocenters. The number of carbonyl (C=O) groups is 3. The molecule has 0 bridgehead atoms. The third-order valence-electron chi connectivity index (χ3n) is 7.30. The second-order valence-electron chi connectivity index (χ2n) is 10.9. The SMILES string of the molecule is NC(=NCCC[C@@H](NC(=O)C(c1ccccc1)c1ccccc1)C(=O)NCc1ccc(O)cc1)NC(=O)CCCn1cc(CO)nn1. The summed E-state index contributed by atoms with van der Waals surface area (Å²) in [6, 6.07) is 24.4. The quantitative estimate of drug-likeness (QED) is 0.0608. The van der Waals surface area contributed by atoms with Crippen molar-refractivity contribution in [1.29, 1.82) is 0 Å². The van der Waals surface area contributed by atoms with E-state index in [1.54, 1.807) is 23.0 Å². The topological polar surface area (TPSA) is 197 Å². The number of hydrogen-bond acceptors (Lipinski definition) is 8. The second-order valence-corrected chi connectivity index (χ2v) is 10.9. The fraction of sp³-hybridized carbons (Fsp3) is 0.294. The van der Waals surface area contributed by atoms with Crippen molar-refractivity contribution in [2.45, 2.75) is 57.3 Å². The first-order valence-electron chi connectivity index (χ1n) is 15.4. The summed E-state index contributed by atoms with van der Waals surface area (Å²) >= 11 is 0. The third kappa shape index (κ3) is 11.1. The molecule has 0 spiro atoms. The van der Waals surface area contributed by atoms with Gasteiger partial charge in [0, 0.05) is 26.1 Å². The lowest BCUT2D eigenvalue weighted by Crippen LogP contribution is -2.48. The molecule has 246 valence electrons. The Morgan fingerprint density at radius 1 is 0.894 bits per heavy atom. The number of rotatable bonds is 16. The number of aromatic nitrogens is 3. The van der Waals surface area contributed by atoms with Crippen LogP contribution < -0.4 is 21.7 Å². The number of phenols is 1. The van der Waals surface area contributed by atoms with Gasteiger partial charge in [0.1, 0.15) is 17.5 Å². The van der Waals surface area contributed by atoms with E-state index in [9.17, 15) is 19.5 Å². The van der Waals surface area contributed by atoms with Gasteiger partial charge in [0.05, 0.1) is 18.7 Å². The summed E-state index contributed by atoms with van der Waals surface area (Å²) < 4.78 is 1.55. The number of amides is 3. The van der Waals surface area contributed by atoms with Crippen LogP contribution in [0.2, 0.25) is 0 Å². The molecular weight excluding hydrogens is 600 g/mol. The average molecular weight is 641 g/mol. The van der Waals surface area contributed by atoms with Crippen LogP contribution >= 0.6 is 0 Å². The summed E-state index contributed by atoms with van der Waals surface area (Å²) in [7, 11) is 0. The number of aryl methyl sites for hydroxylation is 1. The molecule has 1 atom stereocenters. The van der Waals surface area contributed by atoms with Gasteiger partial charge < -0.3 is 26.6 Å². The van der Waals surface area contributed by atoms with Crippen molar-refractivity contribution in [2.75, 3.05) is 6.54 Å². The molecular formula is C34H40N8O5. The van der Waals surface area contributed by atoms with E-state index in [4.69, 9.17) is 10.8 Å². The first kappa shape index (κ1) is 34.3. The minimum Gasteiger partial charge on any atom is -0.508 e. The Morgan fingerprint density at radius 2 is 1.55 bits per heavy atom. The molecule has 1 heterocycles. The van der Waals surface area contributed by atoms with Gasteiger partial charge in [-0.1, -0.05) is 78.0 Å². The van der Waals surface area contributed by atoms with E-state index in [0.29, 0.717) is 25.1 Å². The molecule has 3 aromatic carbocycles. The number of nitrogens with two attached hydrogens (primary N) is 1. The Balaban J connectivity index is 1.35. The van der Waals surface area contributed by atoms with Crippen LogP contribution in [0.15, 0.2) is 96.1 Å². The maximum atomic E-state index is 13.8. The number of phenolic OH excluding ortho intramolecular Hbond substituents is 1. The third-order valence-corrected chi connectivity index (χ3v) is 7.30. The Morgan fingerprint density at radius 3 is 2.17 bits per heavy atom. The highest BCUT2D eigenvalue weighted by molar-refractivity contribution is 5.96. The van der Waals surface area contributed by atoms with Gasteiger partial charge in [0.25, 0.3) is 0 Å². The number of carbonyl (C=O) groups excluding carboxylic acids is 3. The van der Waals surface area contributed by atoms with E-state index < -0.39 is 12.0 Å². The van der Waals surface area contributed by atoms with Crippen LogP contribution in [0, 0.1) is 0 Å². The molecule has 0 aliphatic rings. The smallest absolute Gasteiger partial charge is 0.242 e. The molecule has 0 saturated carbocycles. The number of aromatic hydroxyl groups is 1. The van der Waals surface area contributed by atoms with Crippen LogP contribution in [0.4, 0.5) is 0 Å². The predicted molar refractivity (Wildman–Crippen MR) is 176 cm³/mol. The van der Waals surface area contributed by atoms with E-state index in [0.717, 1.165) is 16.7 Å². The van der Waals surface area contributed by atoms with E-state index >= 15 is 0 Å². The monoisotopic (exact) mass is 640 g/mol. The maximum Gasteiger partial charge on any atom is 0.242 e. The van der Waals surface area contributed by atoms with Crippen LogP contribution in [0.3, 0.4) is 0 Å². The lowest BCUT2D eigenvalue weighted by atomic mass is 9.90. The van der Waals surface area contributed by atoms with Gasteiger partial charge in [0.2, 0.25) is 17.7 Å². The standard InChI is InChI=1S/C34H40N8O5/c35-34(39-30(45)14-8-20-42-22-27(23-43)40-41-42)36-19-7-13-29(32(46)37-21-24-15-17-28(44)18-16-24)38-33(47)31(25-9-3-1-4-10-25)26-11-5-2-6-12-26/h1-6,9-12,15-18,22,29,31,43-44H,7-8,13-14,19-21,23H2,(H,37,46)(H,38,47)(H3,35,36,39,45)/t29-/m1/s1. The van der Waals surface area contributed by atoms with Crippen LogP contribution in [0.25, 0.3) is 0 Å². The van der Waals surface area contributed by atoms with Gasteiger partial charge in [-0.25, -0.2) is 0 Å². The summed E-state index contributed by atoms with van der Waals surface area (Å²) in [6.45, 7) is 0.679. The molecule has 13 heteroatoms. The first-order chi connectivity index (χ1) is 22.8. The normalized spacial score (nSPS) is 12.0. The van der Waals surface area contributed by atoms with Gasteiger partial charge in [0.15, 0.2) is 5.96 Å². The number of nitrogens with zero attached hydrogens (tertiary/aromatic N) is 4. The van der Waals surface area contributed by atoms with Crippen molar-refractivity contribution in [3.05, 3.63) is 114 Å². The van der Waals surface area contributed by atoms with Gasteiger partial charge >= 0.3 is 0 Å². The summed E-state index contributed by atoms with van der Waals surface area (Å²) in [5, 5.41) is 34.7. The van der Waals surface area contributed by atoms with Crippen LogP contribution in [0.1, 0.15) is 54.0 Å². The first-order valence-corrected chi connectivity index (χ1v) is 15.4. The van der Waals surface area contributed by atoms with Crippen LogP contribution in [-0.4, -0.2) is 61.5 Å². The van der Waals surface area contributed by atoms with Gasteiger partial charge in [-0.2, -0.15) is 0 Å². The molecule has 1 aromatic heterocycles. The number of aliphatic hydroxyl groups is 1. The number of aliphatic imine (C=N–C) groups is 1. The van der Waals surface area contributed by atoms with E-state index in [2.05, 4.69) is 31.3 Å². The fourth-order valence-electron chi connectivity index (χ4n) is 4.90. The highest BCUT2D eigenvalue weighted by Crippen LogP contribution is 2.25. The molecule has 3 amide bonds.